The molecule has 1 saturated carbocycles. The molecular formula is C12H18N2O4S. The average Bonchev–Trinajstić information content (AvgIpc) is 3.05. The first-order valence-corrected chi connectivity index (χ1v) is 7.63. The monoisotopic (exact) mass is 286 g/mol. The van der Waals surface area contributed by atoms with Crippen LogP contribution in [0.25, 0.3) is 0 Å². The van der Waals surface area contributed by atoms with Crippen LogP contribution in [-0.4, -0.2) is 52.0 Å². The Kier molecular flexibility index (Phi) is 4.68. The summed E-state index contributed by atoms with van der Waals surface area (Å²) in [5.41, 5.74) is 0. The number of rotatable bonds is 4. The molecule has 2 aliphatic rings. The highest BCUT2D eigenvalue weighted by molar-refractivity contribution is 7.99. The van der Waals surface area contributed by atoms with E-state index in [0.29, 0.717) is 11.6 Å². The van der Waals surface area contributed by atoms with Crippen molar-refractivity contribution in [3.05, 3.63) is 0 Å². The van der Waals surface area contributed by atoms with Gasteiger partial charge >= 0.3 is 5.97 Å². The van der Waals surface area contributed by atoms with Crippen molar-refractivity contribution in [3.63, 3.8) is 0 Å². The van der Waals surface area contributed by atoms with Crippen LogP contribution in [0.5, 0.6) is 0 Å². The van der Waals surface area contributed by atoms with Gasteiger partial charge in [0.05, 0.1) is 5.88 Å². The molecule has 1 unspecified atom stereocenters. The number of hydrogen-bond acceptors (Lipinski definition) is 4. The number of nitrogens with zero attached hydrogens (tertiary/aromatic N) is 1. The summed E-state index contributed by atoms with van der Waals surface area (Å²) in [6, 6.07) is -0.516. The van der Waals surface area contributed by atoms with Gasteiger partial charge in [0.15, 0.2) is 0 Å². The molecule has 0 aromatic carbocycles. The van der Waals surface area contributed by atoms with Crippen LogP contribution in [0.1, 0.15) is 25.7 Å². The molecule has 0 radical (unpaired) electrons. The van der Waals surface area contributed by atoms with Crippen LogP contribution in [0, 0.1) is 5.92 Å². The summed E-state index contributed by atoms with van der Waals surface area (Å²) in [6.45, 7) is -0.397. The number of carboxylic acids is 1. The third-order valence-electron chi connectivity index (χ3n) is 3.59. The fourth-order valence-electron chi connectivity index (χ4n) is 2.56. The zero-order valence-corrected chi connectivity index (χ0v) is 11.4. The van der Waals surface area contributed by atoms with Gasteiger partial charge in [-0.3, -0.25) is 14.4 Å². The minimum absolute atomic E-state index is 0.0495. The fourth-order valence-corrected chi connectivity index (χ4v) is 3.73. The first kappa shape index (κ1) is 14.2. The number of thioether (sulfide) groups is 1. The van der Waals surface area contributed by atoms with Gasteiger partial charge in [-0.05, 0) is 12.8 Å². The second-order valence-electron chi connectivity index (χ2n) is 4.92. The van der Waals surface area contributed by atoms with Crippen molar-refractivity contribution >= 4 is 29.5 Å². The number of aliphatic carboxylic acids is 1. The van der Waals surface area contributed by atoms with Crippen molar-refractivity contribution in [3.8, 4) is 0 Å². The van der Waals surface area contributed by atoms with Crippen LogP contribution in [-0.2, 0) is 14.4 Å². The highest BCUT2D eigenvalue weighted by atomic mass is 32.2. The molecule has 1 heterocycles. The van der Waals surface area contributed by atoms with Gasteiger partial charge < -0.3 is 15.3 Å². The number of amides is 2. The molecule has 6 nitrogen and oxygen atoms in total. The van der Waals surface area contributed by atoms with Crippen LogP contribution in [0.4, 0.5) is 0 Å². The van der Waals surface area contributed by atoms with Crippen LogP contribution >= 0.6 is 11.8 Å². The van der Waals surface area contributed by atoms with Crippen molar-refractivity contribution in [2.24, 2.45) is 5.92 Å². The zero-order chi connectivity index (χ0) is 13.8. The molecule has 0 spiro atoms. The van der Waals surface area contributed by atoms with E-state index in [0.717, 1.165) is 25.7 Å². The molecule has 2 N–H and O–H groups in total. The maximum atomic E-state index is 12.3. The first-order chi connectivity index (χ1) is 9.09. The quantitative estimate of drug-likeness (QED) is 0.775. The summed E-state index contributed by atoms with van der Waals surface area (Å²) in [5.74, 6) is -0.261. The minimum atomic E-state index is -1.08. The molecule has 1 saturated heterocycles. The van der Waals surface area contributed by atoms with Gasteiger partial charge in [0, 0.05) is 11.7 Å². The van der Waals surface area contributed by atoms with Crippen molar-refractivity contribution in [2.45, 2.75) is 31.7 Å². The van der Waals surface area contributed by atoms with Gasteiger partial charge in [-0.25, -0.2) is 0 Å². The molecule has 19 heavy (non-hydrogen) atoms. The third kappa shape index (κ3) is 3.40. The molecule has 1 aliphatic heterocycles. The molecule has 7 heteroatoms. The average molecular weight is 286 g/mol. The normalized spacial score (nSPS) is 23.6. The van der Waals surface area contributed by atoms with Crippen LogP contribution in [0.15, 0.2) is 0 Å². The summed E-state index contributed by atoms with van der Waals surface area (Å²) >= 11 is 1.54. The number of hydrogen-bond donors (Lipinski definition) is 2. The van der Waals surface area contributed by atoms with E-state index in [2.05, 4.69) is 5.32 Å². The molecule has 2 rings (SSSR count). The van der Waals surface area contributed by atoms with Crippen molar-refractivity contribution in [2.75, 3.05) is 18.2 Å². The zero-order valence-electron chi connectivity index (χ0n) is 10.6. The van der Waals surface area contributed by atoms with E-state index in [4.69, 9.17) is 5.11 Å². The maximum Gasteiger partial charge on any atom is 0.322 e. The summed E-state index contributed by atoms with van der Waals surface area (Å²) in [4.78, 5) is 36.3. The Morgan fingerprint density at radius 3 is 2.58 bits per heavy atom. The standard InChI is InChI=1S/C12H18N2O4S/c15-10(16)5-13-11(17)9-6-19-7-14(9)12(18)8-3-1-2-4-8/h8-9H,1-7H2,(H,13,17)(H,15,16). The molecule has 2 amide bonds. The fraction of sp³-hybridized carbons (Fsp3) is 0.750. The van der Waals surface area contributed by atoms with Crippen molar-refractivity contribution in [1.82, 2.24) is 10.2 Å². The SMILES string of the molecule is O=C(O)CNC(=O)C1CSCN1C(=O)C1CCCC1. The molecule has 1 atom stereocenters. The van der Waals surface area contributed by atoms with E-state index in [-0.39, 0.29) is 17.7 Å². The molecule has 2 fully saturated rings. The molecule has 0 aromatic rings. The lowest BCUT2D eigenvalue weighted by Gasteiger charge is -2.25. The minimum Gasteiger partial charge on any atom is -0.480 e. The van der Waals surface area contributed by atoms with E-state index < -0.39 is 18.6 Å². The summed E-state index contributed by atoms with van der Waals surface area (Å²) in [5, 5.41) is 10.9. The Balaban J connectivity index is 1.93. The number of nitrogens with one attached hydrogen (secondary N) is 1. The molecule has 0 aromatic heterocycles. The molecule has 0 bridgehead atoms. The van der Waals surface area contributed by atoms with Crippen LogP contribution in [0.2, 0.25) is 0 Å². The van der Waals surface area contributed by atoms with E-state index in [1.54, 1.807) is 4.90 Å². The topological polar surface area (TPSA) is 86.7 Å². The maximum absolute atomic E-state index is 12.3. The predicted octanol–water partition coefficient (Wildman–Crippen LogP) is 0.279. The van der Waals surface area contributed by atoms with Crippen LogP contribution < -0.4 is 5.32 Å². The lowest BCUT2D eigenvalue weighted by molar-refractivity contribution is -0.142. The lowest BCUT2D eigenvalue weighted by atomic mass is 10.1. The molecular weight excluding hydrogens is 268 g/mol. The van der Waals surface area contributed by atoms with E-state index in [1.807, 2.05) is 0 Å². The summed E-state index contributed by atoms with van der Waals surface area (Å²) in [7, 11) is 0. The van der Waals surface area contributed by atoms with Gasteiger partial charge in [0.25, 0.3) is 0 Å². The Morgan fingerprint density at radius 1 is 1.26 bits per heavy atom. The van der Waals surface area contributed by atoms with E-state index in [9.17, 15) is 14.4 Å². The Labute approximate surface area is 115 Å². The van der Waals surface area contributed by atoms with Gasteiger partial charge in [-0.15, -0.1) is 11.8 Å². The predicted molar refractivity (Wildman–Crippen MR) is 70.6 cm³/mol. The number of carbonyl (C=O) groups excluding carboxylic acids is 2. The van der Waals surface area contributed by atoms with E-state index in [1.165, 1.54) is 11.8 Å². The summed E-state index contributed by atoms with van der Waals surface area (Å²) in [6.07, 6.45) is 3.97. The van der Waals surface area contributed by atoms with Gasteiger partial charge in [-0.2, -0.15) is 0 Å². The highest BCUT2D eigenvalue weighted by Crippen LogP contribution is 2.30. The second kappa shape index (κ2) is 6.27. The van der Waals surface area contributed by atoms with Crippen molar-refractivity contribution < 1.29 is 19.5 Å². The van der Waals surface area contributed by atoms with Crippen LogP contribution in [0.3, 0.4) is 0 Å². The Bertz CT molecular complexity index is 382. The third-order valence-corrected chi connectivity index (χ3v) is 4.60. The second-order valence-corrected chi connectivity index (χ2v) is 5.92. The molecule has 1 aliphatic carbocycles. The Morgan fingerprint density at radius 2 is 1.95 bits per heavy atom. The smallest absolute Gasteiger partial charge is 0.322 e. The largest absolute Gasteiger partial charge is 0.480 e. The van der Waals surface area contributed by atoms with Gasteiger partial charge in [0.2, 0.25) is 11.8 Å². The van der Waals surface area contributed by atoms with E-state index >= 15 is 0 Å². The van der Waals surface area contributed by atoms with Gasteiger partial charge in [0.1, 0.15) is 12.6 Å². The number of carbonyl (C=O) groups is 3. The Hall–Kier alpha value is -1.24. The van der Waals surface area contributed by atoms with Gasteiger partial charge in [-0.1, -0.05) is 12.8 Å². The highest BCUT2D eigenvalue weighted by Gasteiger charge is 2.38. The lowest BCUT2D eigenvalue weighted by Crippen LogP contribution is -2.49. The van der Waals surface area contributed by atoms with Crippen molar-refractivity contribution in [1.29, 1.82) is 0 Å². The first-order valence-electron chi connectivity index (χ1n) is 6.47. The molecule has 106 valence electrons. The summed E-state index contributed by atoms with van der Waals surface area (Å²) < 4.78 is 0. The number of carboxylic acid groups (broad SMARTS) is 1.